The van der Waals surface area contributed by atoms with E-state index in [0.29, 0.717) is 35.0 Å². The zero-order chi connectivity index (χ0) is 24.7. The lowest BCUT2D eigenvalue weighted by molar-refractivity contribution is -0.118. The summed E-state index contributed by atoms with van der Waals surface area (Å²) >= 11 is 0. The lowest BCUT2D eigenvalue weighted by atomic mass is 10.2. The molecule has 0 saturated carbocycles. The molecule has 0 atom stereocenters. The van der Waals surface area contributed by atoms with Gasteiger partial charge in [-0.2, -0.15) is 0 Å². The number of ether oxygens (including phenoxy) is 2. The highest BCUT2D eigenvalue weighted by atomic mass is 32.2. The standard InChI is InChI=1S/C24H25N3O6S/c1-3-32-20-12-14-22(15-13-20)34(30,31)27(2)19-8-10-21(11-9-19)33-16-23(28)26-18-6-4-17(5-7-18)24(25)29/h4-15H,3,16H2,1-2H3,(H2,25,29)(H,26,28). The number of hydrogen-bond donors (Lipinski definition) is 2. The van der Waals surface area contributed by atoms with Crippen LogP contribution in [-0.4, -0.2) is 40.5 Å². The maximum atomic E-state index is 12.9. The molecule has 3 N–H and O–H groups in total. The predicted octanol–water partition coefficient (Wildman–Crippen LogP) is 3.03. The zero-order valence-electron chi connectivity index (χ0n) is 18.7. The molecule has 9 nitrogen and oxygen atoms in total. The van der Waals surface area contributed by atoms with Crippen molar-refractivity contribution in [2.75, 3.05) is 29.9 Å². The van der Waals surface area contributed by atoms with Gasteiger partial charge in [-0.1, -0.05) is 0 Å². The highest BCUT2D eigenvalue weighted by Crippen LogP contribution is 2.25. The largest absolute Gasteiger partial charge is 0.494 e. The number of rotatable bonds is 10. The van der Waals surface area contributed by atoms with Gasteiger partial charge in [-0.15, -0.1) is 0 Å². The molecule has 34 heavy (non-hydrogen) atoms. The number of carbonyl (C=O) groups excluding carboxylic acids is 2. The Bertz CT molecular complexity index is 1240. The minimum Gasteiger partial charge on any atom is -0.494 e. The Balaban J connectivity index is 1.58. The van der Waals surface area contributed by atoms with Crippen molar-refractivity contribution in [3.05, 3.63) is 78.4 Å². The van der Waals surface area contributed by atoms with Crippen molar-refractivity contribution in [1.29, 1.82) is 0 Å². The maximum Gasteiger partial charge on any atom is 0.264 e. The van der Waals surface area contributed by atoms with Gasteiger partial charge >= 0.3 is 0 Å². The maximum absolute atomic E-state index is 12.9. The molecule has 0 aliphatic heterocycles. The van der Waals surface area contributed by atoms with Crippen LogP contribution in [0.25, 0.3) is 0 Å². The molecule has 0 saturated heterocycles. The van der Waals surface area contributed by atoms with E-state index in [9.17, 15) is 18.0 Å². The molecule has 0 aliphatic carbocycles. The molecule has 3 aromatic carbocycles. The fourth-order valence-corrected chi connectivity index (χ4v) is 4.18. The summed E-state index contributed by atoms with van der Waals surface area (Å²) in [6.45, 7) is 2.09. The lowest BCUT2D eigenvalue weighted by Crippen LogP contribution is -2.26. The molecule has 178 valence electrons. The number of sulfonamides is 1. The fourth-order valence-electron chi connectivity index (χ4n) is 2.99. The molecule has 0 spiro atoms. The van der Waals surface area contributed by atoms with Crippen LogP contribution in [-0.2, 0) is 14.8 Å². The van der Waals surface area contributed by atoms with E-state index in [4.69, 9.17) is 15.2 Å². The van der Waals surface area contributed by atoms with Crippen molar-refractivity contribution in [3.63, 3.8) is 0 Å². The van der Waals surface area contributed by atoms with Gasteiger partial charge in [0, 0.05) is 18.3 Å². The second-order valence-corrected chi connectivity index (χ2v) is 9.12. The second-order valence-electron chi connectivity index (χ2n) is 7.15. The Morgan fingerprint density at radius 3 is 2.00 bits per heavy atom. The van der Waals surface area contributed by atoms with Crippen LogP contribution in [0.1, 0.15) is 17.3 Å². The highest BCUT2D eigenvalue weighted by molar-refractivity contribution is 7.92. The van der Waals surface area contributed by atoms with E-state index in [-0.39, 0.29) is 11.5 Å². The minimum atomic E-state index is -3.76. The first kappa shape index (κ1) is 24.6. The third kappa shape index (κ3) is 6.04. The molecule has 3 rings (SSSR count). The van der Waals surface area contributed by atoms with Gasteiger partial charge in [-0.3, -0.25) is 13.9 Å². The molecule has 0 aliphatic rings. The van der Waals surface area contributed by atoms with Gasteiger partial charge in [0.1, 0.15) is 11.5 Å². The molecule has 0 unspecified atom stereocenters. The van der Waals surface area contributed by atoms with Gasteiger partial charge in [0.2, 0.25) is 5.91 Å². The Kier molecular flexibility index (Phi) is 7.75. The molecule has 0 radical (unpaired) electrons. The number of primary amides is 1. The van der Waals surface area contributed by atoms with E-state index >= 15 is 0 Å². The van der Waals surface area contributed by atoms with Crippen molar-refractivity contribution in [2.45, 2.75) is 11.8 Å². The Morgan fingerprint density at radius 2 is 1.44 bits per heavy atom. The SMILES string of the molecule is CCOc1ccc(S(=O)(=O)N(C)c2ccc(OCC(=O)Nc3ccc(C(N)=O)cc3)cc2)cc1. The second kappa shape index (κ2) is 10.7. The monoisotopic (exact) mass is 483 g/mol. The van der Waals surface area contributed by atoms with Gasteiger partial charge in [0.05, 0.1) is 17.2 Å². The molecule has 3 aromatic rings. The van der Waals surface area contributed by atoms with Crippen LogP contribution >= 0.6 is 0 Å². The number of carbonyl (C=O) groups is 2. The summed E-state index contributed by atoms with van der Waals surface area (Å²) in [7, 11) is -2.30. The molecule has 2 amide bonds. The minimum absolute atomic E-state index is 0.138. The van der Waals surface area contributed by atoms with Crippen molar-refractivity contribution >= 4 is 33.2 Å². The molecule has 0 aromatic heterocycles. The molecule has 0 bridgehead atoms. The quantitative estimate of drug-likeness (QED) is 0.456. The van der Waals surface area contributed by atoms with E-state index in [1.807, 2.05) is 6.92 Å². The normalized spacial score (nSPS) is 10.9. The molecular formula is C24H25N3O6S. The number of benzene rings is 3. The smallest absolute Gasteiger partial charge is 0.264 e. The zero-order valence-corrected chi connectivity index (χ0v) is 19.5. The average Bonchev–Trinajstić information content (AvgIpc) is 2.83. The molecule has 0 fully saturated rings. The number of hydrogen-bond acceptors (Lipinski definition) is 6. The van der Waals surface area contributed by atoms with Gasteiger partial charge < -0.3 is 20.5 Å². The van der Waals surface area contributed by atoms with E-state index in [1.165, 1.54) is 31.3 Å². The van der Waals surface area contributed by atoms with Crippen LogP contribution in [0.2, 0.25) is 0 Å². The van der Waals surface area contributed by atoms with Crippen LogP contribution in [0.3, 0.4) is 0 Å². The summed E-state index contributed by atoms with van der Waals surface area (Å²) in [5.41, 5.74) is 6.45. The van der Waals surface area contributed by atoms with E-state index in [2.05, 4.69) is 5.32 Å². The van der Waals surface area contributed by atoms with Crippen molar-refractivity contribution in [1.82, 2.24) is 0 Å². The fraction of sp³-hybridized carbons (Fsp3) is 0.167. The summed E-state index contributed by atoms with van der Waals surface area (Å²) in [5, 5.41) is 2.65. The highest BCUT2D eigenvalue weighted by Gasteiger charge is 2.21. The molecular weight excluding hydrogens is 458 g/mol. The topological polar surface area (TPSA) is 128 Å². The third-order valence-electron chi connectivity index (χ3n) is 4.82. The van der Waals surface area contributed by atoms with Crippen LogP contribution in [0.5, 0.6) is 11.5 Å². The number of nitrogens with two attached hydrogens (primary N) is 1. The van der Waals surface area contributed by atoms with Gasteiger partial charge in [0.25, 0.3) is 15.9 Å². The summed E-state index contributed by atoms with van der Waals surface area (Å²) in [6.07, 6.45) is 0. The van der Waals surface area contributed by atoms with Gasteiger partial charge in [-0.25, -0.2) is 8.42 Å². The van der Waals surface area contributed by atoms with Gasteiger partial charge in [0.15, 0.2) is 6.61 Å². The van der Waals surface area contributed by atoms with E-state index < -0.39 is 21.8 Å². The van der Waals surface area contributed by atoms with Crippen molar-refractivity contribution in [2.24, 2.45) is 5.73 Å². The Hall–Kier alpha value is -4.05. The first-order valence-corrected chi connectivity index (χ1v) is 11.8. The Morgan fingerprint density at radius 1 is 0.882 bits per heavy atom. The Labute approximate surface area is 198 Å². The number of amides is 2. The molecule has 10 heteroatoms. The molecule has 0 heterocycles. The van der Waals surface area contributed by atoms with E-state index in [0.717, 1.165) is 4.31 Å². The van der Waals surface area contributed by atoms with Gasteiger partial charge in [-0.05, 0) is 79.7 Å². The first-order valence-electron chi connectivity index (χ1n) is 10.3. The van der Waals surface area contributed by atoms with Crippen molar-refractivity contribution < 1.29 is 27.5 Å². The number of nitrogens with zero attached hydrogens (tertiary/aromatic N) is 1. The van der Waals surface area contributed by atoms with Crippen molar-refractivity contribution in [3.8, 4) is 11.5 Å². The summed E-state index contributed by atoms with van der Waals surface area (Å²) in [5.74, 6) is 0.0424. The number of nitrogens with one attached hydrogen (secondary N) is 1. The van der Waals surface area contributed by atoms with Crippen LogP contribution in [0.15, 0.2) is 77.7 Å². The summed E-state index contributed by atoms with van der Waals surface area (Å²) < 4.78 is 37.8. The summed E-state index contributed by atoms with van der Waals surface area (Å²) in [4.78, 5) is 23.3. The first-order chi connectivity index (χ1) is 16.2. The van der Waals surface area contributed by atoms with Crippen LogP contribution in [0, 0.1) is 0 Å². The summed E-state index contributed by atoms with van der Waals surface area (Å²) in [6, 6.07) is 18.7. The third-order valence-corrected chi connectivity index (χ3v) is 6.62. The van der Waals surface area contributed by atoms with Crippen LogP contribution < -0.4 is 24.8 Å². The van der Waals surface area contributed by atoms with E-state index in [1.54, 1.807) is 48.5 Å². The average molecular weight is 484 g/mol. The van der Waals surface area contributed by atoms with Crippen LogP contribution in [0.4, 0.5) is 11.4 Å². The number of anilines is 2. The predicted molar refractivity (Wildman–Crippen MR) is 129 cm³/mol. The lowest BCUT2D eigenvalue weighted by Gasteiger charge is -2.20.